The third-order valence-electron chi connectivity index (χ3n) is 4.99. The first-order valence-corrected chi connectivity index (χ1v) is 12.4. The van der Waals surface area contributed by atoms with Gasteiger partial charge in [0.05, 0.1) is 23.7 Å². The van der Waals surface area contributed by atoms with Crippen molar-refractivity contribution in [1.29, 1.82) is 0 Å². The van der Waals surface area contributed by atoms with Crippen LogP contribution in [-0.4, -0.2) is 40.2 Å². The molecule has 0 saturated carbocycles. The van der Waals surface area contributed by atoms with Crippen molar-refractivity contribution < 1.29 is 19.4 Å². The molecule has 1 atom stereocenters. The minimum Gasteiger partial charge on any atom is -0.490 e. The van der Waals surface area contributed by atoms with Crippen molar-refractivity contribution in [3.8, 4) is 11.5 Å². The molecule has 0 amide bonds. The topological polar surface area (TPSA) is 103 Å². The van der Waals surface area contributed by atoms with Gasteiger partial charge >= 0.3 is 5.97 Å². The second kappa shape index (κ2) is 11.3. The highest BCUT2D eigenvalue weighted by atomic mass is 79.9. The van der Waals surface area contributed by atoms with Crippen LogP contribution in [0.1, 0.15) is 44.5 Å². The second-order valence-corrected chi connectivity index (χ2v) is 9.43. The highest BCUT2D eigenvalue weighted by molar-refractivity contribution is 9.10. The fourth-order valence-corrected chi connectivity index (χ4v) is 4.14. The van der Waals surface area contributed by atoms with Crippen LogP contribution in [0.3, 0.4) is 0 Å². The number of hydrogen-bond donors (Lipinski definition) is 1. The Bertz CT molecular complexity index is 1330. The van der Waals surface area contributed by atoms with E-state index in [1.165, 1.54) is 10.9 Å². The molecule has 0 spiro atoms. The normalized spacial score (nSPS) is 12.3. The molecular formula is C23H22Br2ClN3O5. The highest BCUT2D eigenvalue weighted by Crippen LogP contribution is 2.42. The highest BCUT2D eigenvalue weighted by Gasteiger charge is 2.19. The minimum atomic E-state index is -1.15. The van der Waals surface area contributed by atoms with Crippen LogP contribution in [0, 0.1) is 0 Å². The molecule has 0 fully saturated rings. The summed E-state index contributed by atoms with van der Waals surface area (Å²) in [5.41, 5.74) is 0.803. The van der Waals surface area contributed by atoms with Crippen molar-refractivity contribution in [1.82, 2.24) is 9.66 Å². The third-order valence-corrected chi connectivity index (χ3v) is 6.93. The molecule has 3 aromatic rings. The maximum atomic E-state index is 13.3. The Morgan fingerprint density at radius 1 is 1.29 bits per heavy atom. The lowest BCUT2D eigenvalue weighted by atomic mass is 10.1. The van der Waals surface area contributed by atoms with Crippen molar-refractivity contribution in [2.75, 3.05) is 13.2 Å². The first-order chi connectivity index (χ1) is 16.2. The molecule has 8 nitrogen and oxygen atoms in total. The third kappa shape index (κ3) is 5.61. The Morgan fingerprint density at radius 2 is 2.03 bits per heavy atom. The van der Waals surface area contributed by atoms with E-state index in [0.29, 0.717) is 33.4 Å². The van der Waals surface area contributed by atoms with E-state index in [2.05, 4.69) is 37.0 Å². The molecule has 0 aliphatic rings. The van der Waals surface area contributed by atoms with Gasteiger partial charge in [0.1, 0.15) is 10.8 Å². The molecule has 2 aromatic carbocycles. The number of fused-ring (bicyclic) bond motifs is 1. The Hall–Kier alpha value is -2.43. The number of carbonyl (C=O) groups is 1. The minimum absolute atomic E-state index is 0.0179. The standard InChI is InChI=1S/C23H22Br2ClN3O5/c1-4-12(3)22-28-16-7-6-14(24)9-15(16)23(32)29(22)27-10-13-8-17(33-5-2)21(20(26)19(13)25)34-11-18(30)31/h6-10,12H,4-5,11H2,1-3H3,(H,30,31)/t12-/m0/s1. The molecule has 0 saturated heterocycles. The van der Waals surface area contributed by atoms with Crippen LogP contribution in [0.15, 0.2) is 43.1 Å². The van der Waals surface area contributed by atoms with Gasteiger partial charge in [0.15, 0.2) is 18.1 Å². The fraction of sp³-hybridized carbons (Fsp3) is 0.304. The Morgan fingerprint density at radius 3 is 2.68 bits per heavy atom. The van der Waals surface area contributed by atoms with E-state index < -0.39 is 12.6 Å². The van der Waals surface area contributed by atoms with Gasteiger partial charge in [-0.2, -0.15) is 9.78 Å². The van der Waals surface area contributed by atoms with E-state index in [0.717, 1.165) is 10.9 Å². The molecule has 1 aromatic heterocycles. The summed E-state index contributed by atoms with van der Waals surface area (Å²) in [5, 5.41) is 14.0. The lowest BCUT2D eigenvalue weighted by Crippen LogP contribution is -2.23. The number of carboxylic acid groups (broad SMARTS) is 1. The average molecular weight is 616 g/mol. The van der Waals surface area contributed by atoms with Crippen LogP contribution in [0.2, 0.25) is 5.02 Å². The van der Waals surface area contributed by atoms with Gasteiger partial charge < -0.3 is 14.6 Å². The summed E-state index contributed by atoms with van der Waals surface area (Å²) >= 11 is 13.3. The summed E-state index contributed by atoms with van der Waals surface area (Å²) in [7, 11) is 0. The van der Waals surface area contributed by atoms with Crippen LogP contribution in [0.4, 0.5) is 0 Å². The number of ether oxygens (including phenoxy) is 2. The van der Waals surface area contributed by atoms with E-state index in [-0.39, 0.29) is 28.0 Å². The Kier molecular flexibility index (Phi) is 8.72. The SMILES string of the molecule is CCOc1cc(C=Nn2c([C@@H](C)CC)nc3ccc(Br)cc3c2=O)c(Br)c(Cl)c1OCC(=O)O. The molecule has 0 aliphatic heterocycles. The average Bonchev–Trinajstić information content (AvgIpc) is 2.80. The molecule has 11 heteroatoms. The first kappa shape index (κ1) is 26.2. The lowest BCUT2D eigenvalue weighted by Gasteiger charge is -2.16. The van der Waals surface area contributed by atoms with Crippen LogP contribution < -0.4 is 15.0 Å². The zero-order chi connectivity index (χ0) is 25.0. The molecule has 0 bridgehead atoms. The fourth-order valence-electron chi connectivity index (χ4n) is 3.13. The van der Waals surface area contributed by atoms with Crippen molar-refractivity contribution in [3.63, 3.8) is 0 Å². The summed E-state index contributed by atoms with van der Waals surface area (Å²) in [6, 6.07) is 6.96. The van der Waals surface area contributed by atoms with Crippen LogP contribution in [-0.2, 0) is 4.79 Å². The van der Waals surface area contributed by atoms with Crippen molar-refractivity contribution in [2.24, 2.45) is 5.10 Å². The van der Waals surface area contributed by atoms with E-state index in [1.54, 1.807) is 25.1 Å². The molecule has 1 N–H and O–H groups in total. The molecular weight excluding hydrogens is 594 g/mol. The predicted octanol–water partition coefficient (Wildman–Crippen LogP) is 5.83. The largest absolute Gasteiger partial charge is 0.490 e. The second-order valence-electron chi connectivity index (χ2n) is 7.34. The maximum Gasteiger partial charge on any atom is 0.341 e. The quantitative estimate of drug-likeness (QED) is 0.304. The van der Waals surface area contributed by atoms with Gasteiger partial charge in [0.25, 0.3) is 5.56 Å². The number of nitrogens with zero attached hydrogens (tertiary/aromatic N) is 3. The molecule has 3 rings (SSSR count). The van der Waals surface area contributed by atoms with Gasteiger partial charge in [-0.15, -0.1) is 0 Å². The van der Waals surface area contributed by atoms with Gasteiger partial charge in [-0.3, -0.25) is 4.79 Å². The van der Waals surface area contributed by atoms with E-state index >= 15 is 0 Å². The predicted molar refractivity (Wildman–Crippen MR) is 139 cm³/mol. The zero-order valence-corrected chi connectivity index (χ0v) is 22.6. The van der Waals surface area contributed by atoms with Crippen molar-refractivity contribution in [3.05, 3.63) is 60.0 Å². The van der Waals surface area contributed by atoms with Crippen LogP contribution in [0.5, 0.6) is 11.5 Å². The number of carboxylic acids is 1. The molecule has 0 radical (unpaired) electrons. The number of benzene rings is 2. The smallest absolute Gasteiger partial charge is 0.341 e. The van der Waals surface area contributed by atoms with E-state index in [4.69, 9.17) is 31.2 Å². The van der Waals surface area contributed by atoms with E-state index in [9.17, 15) is 9.59 Å². The summed E-state index contributed by atoms with van der Waals surface area (Å²) in [6.07, 6.45) is 2.24. The summed E-state index contributed by atoms with van der Waals surface area (Å²) < 4.78 is 13.4. The molecule has 0 unspecified atom stereocenters. The van der Waals surface area contributed by atoms with Crippen molar-refractivity contribution >= 4 is 66.5 Å². The number of aromatic nitrogens is 2. The number of hydrogen-bond acceptors (Lipinski definition) is 6. The monoisotopic (exact) mass is 613 g/mol. The van der Waals surface area contributed by atoms with Gasteiger partial charge in [0, 0.05) is 20.4 Å². The maximum absolute atomic E-state index is 13.3. The van der Waals surface area contributed by atoms with Gasteiger partial charge in [-0.1, -0.05) is 41.4 Å². The van der Waals surface area contributed by atoms with Crippen LogP contribution >= 0.6 is 43.5 Å². The number of rotatable bonds is 9. The zero-order valence-electron chi connectivity index (χ0n) is 18.6. The Balaban J connectivity index is 2.16. The molecule has 34 heavy (non-hydrogen) atoms. The van der Waals surface area contributed by atoms with Gasteiger partial charge in [0.2, 0.25) is 0 Å². The number of halogens is 3. The van der Waals surface area contributed by atoms with Gasteiger partial charge in [-0.25, -0.2) is 9.78 Å². The van der Waals surface area contributed by atoms with Crippen molar-refractivity contribution in [2.45, 2.75) is 33.1 Å². The van der Waals surface area contributed by atoms with E-state index in [1.807, 2.05) is 19.9 Å². The van der Waals surface area contributed by atoms with Crippen LogP contribution in [0.25, 0.3) is 10.9 Å². The molecule has 180 valence electrons. The summed E-state index contributed by atoms with van der Waals surface area (Å²) in [6.45, 7) is 5.50. The molecule has 0 aliphatic carbocycles. The lowest BCUT2D eigenvalue weighted by molar-refractivity contribution is -0.139. The summed E-state index contributed by atoms with van der Waals surface area (Å²) in [4.78, 5) is 28.9. The summed E-state index contributed by atoms with van der Waals surface area (Å²) in [5.74, 6) is -0.270. The number of aliphatic carboxylic acids is 1. The first-order valence-electron chi connectivity index (χ1n) is 10.4. The molecule has 1 heterocycles. The van der Waals surface area contributed by atoms with Gasteiger partial charge in [-0.05, 0) is 53.5 Å². The Labute approximate surface area is 217 Å².